The van der Waals surface area contributed by atoms with Gasteiger partial charge in [-0.2, -0.15) is 0 Å². The molecule has 0 radical (unpaired) electrons. The second-order valence-electron chi connectivity index (χ2n) is 6.19. The van der Waals surface area contributed by atoms with Crippen LogP contribution in [0.4, 0.5) is 0 Å². The molecule has 28 heavy (non-hydrogen) atoms. The molecule has 2 rings (SSSR count). The van der Waals surface area contributed by atoms with Gasteiger partial charge in [0, 0.05) is 17.5 Å². The summed E-state index contributed by atoms with van der Waals surface area (Å²) < 4.78 is 0. The molecule has 0 bridgehead atoms. The highest BCUT2D eigenvalue weighted by Gasteiger charge is 2.52. The normalized spacial score (nSPS) is 10.8. The number of hydrogen-bond acceptors (Lipinski definition) is 6. The molecule has 0 heterocycles. The summed E-state index contributed by atoms with van der Waals surface area (Å²) in [7, 11) is 0. The Bertz CT molecular complexity index is 802. The Morgan fingerprint density at radius 2 is 1.21 bits per heavy atom. The molecular formula is C20H22N4O4. The van der Waals surface area contributed by atoms with E-state index in [-0.39, 0.29) is 30.4 Å². The van der Waals surface area contributed by atoms with E-state index in [9.17, 15) is 19.2 Å². The predicted molar refractivity (Wildman–Crippen MR) is 102 cm³/mol. The standard InChI is InChI=1S/C20H22N4O4/c21-23-16(25)12-7-13-20(19(28)24-22,17(26)14-8-3-1-4-9-14)18(27)15-10-5-2-6-11-15/h1-6,8-11H,7,12-13,21-22H2,(H,23,25)(H,24,28). The Hall–Kier alpha value is -3.36. The largest absolute Gasteiger partial charge is 0.294 e. The molecule has 0 fully saturated rings. The van der Waals surface area contributed by atoms with Crippen LogP contribution in [-0.4, -0.2) is 23.4 Å². The van der Waals surface area contributed by atoms with Gasteiger partial charge in [0.05, 0.1) is 0 Å². The predicted octanol–water partition coefficient (Wildman–Crippen LogP) is 0.889. The van der Waals surface area contributed by atoms with Crippen molar-refractivity contribution < 1.29 is 19.2 Å². The number of nitrogens with one attached hydrogen (secondary N) is 2. The van der Waals surface area contributed by atoms with Gasteiger partial charge in [-0.25, -0.2) is 11.7 Å². The SMILES string of the molecule is NNC(=O)CCCC(C(=O)NN)(C(=O)c1ccccc1)C(=O)c1ccccc1. The van der Waals surface area contributed by atoms with Crippen LogP contribution >= 0.6 is 0 Å². The summed E-state index contributed by atoms with van der Waals surface area (Å²) >= 11 is 0. The second kappa shape index (κ2) is 9.54. The van der Waals surface area contributed by atoms with E-state index in [0.717, 1.165) is 0 Å². The van der Waals surface area contributed by atoms with Crippen LogP contribution in [0, 0.1) is 5.41 Å². The number of hydrazine groups is 2. The molecule has 6 N–H and O–H groups in total. The van der Waals surface area contributed by atoms with Crippen molar-refractivity contribution in [3.63, 3.8) is 0 Å². The van der Waals surface area contributed by atoms with E-state index in [2.05, 4.69) is 0 Å². The van der Waals surface area contributed by atoms with Gasteiger partial charge >= 0.3 is 0 Å². The fourth-order valence-electron chi connectivity index (χ4n) is 3.03. The Labute approximate surface area is 162 Å². The molecule has 0 aliphatic rings. The zero-order valence-corrected chi connectivity index (χ0v) is 15.2. The van der Waals surface area contributed by atoms with Crippen LogP contribution in [0.1, 0.15) is 40.0 Å². The van der Waals surface area contributed by atoms with Gasteiger partial charge in [-0.3, -0.25) is 30.0 Å². The Kier molecular flexibility index (Phi) is 7.14. The number of benzene rings is 2. The van der Waals surface area contributed by atoms with Gasteiger partial charge in [0.1, 0.15) is 0 Å². The van der Waals surface area contributed by atoms with E-state index in [1.807, 2.05) is 10.9 Å². The molecule has 2 aromatic rings. The van der Waals surface area contributed by atoms with E-state index in [1.54, 1.807) is 36.4 Å². The van der Waals surface area contributed by atoms with Crippen LogP contribution in [-0.2, 0) is 9.59 Å². The molecule has 0 aliphatic heterocycles. The van der Waals surface area contributed by atoms with Gasteiger partial charge in [0.25, 0.3) is 5.91 Å². The van der Waals surface area contributed by atoms with Gasteiger partial charge in [0.15, 0.2) is 17.0 Å². The van der Waals surface area contributed by atoms with Crippen LogP contribution in [0.3, 0.4) is 0 Å². The van der Waals surface area contributed by atoms with E-state index >= 15 is 0 Å². The number of rotatable bonds is 9. The van der Waals surface area contributed by atoms with E-state index in [4.69, 9.17) is 11.7 Å². The molecule has 0 aromatic heterocycles. The highest BCUT2D eigenvalue weighted by Crippen LogP contribution is 2.34. The molecule has 8 nitrogen and oxygen atoms in total. The maximum Gasteiger partial charge on any atom is 0.255 e. The number of ketones is 2. The van der Waals surface area contributed by atoms with E-state index in [1.165, 1.54) is 24.3 Å². The van der Waals surface area contributed by atoms with Crippen molar-refractivity contribution in [1.82, 2.24) is 10.9 Å². The molecular weight excluding hydrogens is 360 g/mol. The first kappa shape index (κ1) is 20.9. The van der Waals surface area contributed by atoms with Crippen molar-refractivity contribution in [2.24, 2.45) is 17.1 Å². The van der Waals surface area contributed by atoms with Crippen molar-refractivity contribution >= 4 is 23.4 Å². The Morgan fingerprint density at radius 3 is 1.61 bits per heavy atom. The lowest BCUT2D eigenvalue weighted by atomic mass is 9.70. The van der Waals surface area contributed by atoms with Crippen molar-refractivity contribution in [3.05, 3.63) is 71.8 Å². The molecule has 0 atom stereocenters. The molecule has 0 unspecified atom stereocenters. The van der Waals surface area contributed by atoms with Gasteiger partial charge in [-0.05, 0) is 12.8 Å². The lowest BCUT2D eigenvalue weighted by Crippen LogP contribution is -2.54. The molecule has 8 heteroatoms. The number of carbonyl (C=O) groups excluding carboxylic acids is 4. The summed E-state index contributed by atoms with van der Waals surface area (Å²) in [6.07, 6.45) is -0.182. The summed E-state index contributed by atoms with van der Waals surface area (Å²) in [5, 5.41) is 0. The summed E-state index contributed by atoms with van der Waals surface area (Å²) in [4.78, 5) is 51.0. The van der Waals surface area contributed by atoms with Crippen molar-refractivity contribution in [3.8, 4) is 0 Å². The maximum atomic E-state index is 13.4. The van der Waals surface area contributed by atoms with Crippen molar-refractivity contribution in [1.29, 1.82) is 0 Å². The first-order valence-electron chi connectivity index (χ1n) is 8.67. The van der Waals surface area contributed by atoms with Crippen LogP contribution < -0.4 is 22.5 Å². The Balaban J connectivity index is 2.54. The summed E-state index contributed by atoms with van der Waals surface area (Å²) in [5.41, 5.74) is 2.22. The van der Waals surface area contributed by atoms with Crippen molar-refractivity contribution in [2.75, 3.05) is 0 Å². The molecule has 2 aromatic carbocycles. The number of amides is 2. The lowest BCUT2D eigenvalue weighted by molar-refractivity contribution is -0.127. The van der Waals surface area contributed by atoms with Crippen LogP contribution in [0.15, 0.2) is 60.7 Å². The summed E-state index contributed by atoms with van der Waals surface area (Å²) in [6.45, 7) is 0. The van der Waals surface area contributed by atoms with E-state index in [0.29, 0.717) is 0 Å². The average molecular weight is 382 g/mol. The third-order valence-corrected chi connectivity index (χ3v) is 4.48. The molecule has 0 saturated carbocycles. The zero-order chi connectivity index (χ0) is 20.6. The zero-order valence-electron chi connectivity index (χ0n) is 15.2. The summed E-state index contributed by atoms with van der Waals surface area (Å²) in [5.74, 6) is 7.66. The lowest BCUT2D eigenvalue weighted by Gasteiger charge is -2.29. The van der Waals surface area contributed by atoms with Crippen molar-refractivity contribution in [2.45, 2.75) is 19.3 Å². The third-order valence-electron chi connectivity index (χ3n) is 4.48. The fraction of sp³-hybridized carbons (Fsp3) is 0.200. The minimum Gasteiger partial charge on any atom is -0.294 e. The van der Waals surface area contributed by atoms with Crippen LogP contribution in [0.25, 0.3) is 0 Å². The topological polar surface area (TPSA) is 144 Å². The smallest absolute Gasteiger partial charge is 0.255 e. The fourth-order valence-corrected chi connectivity index (χ4v) is 3.03. The van der Waals surface area contributed by atoms with Crippen LogP contribution in [0.2, 0.25) is 0 Å². The number of carbonyl (C=O) groups is 4. The first-order chi connectivity index (χ1) is 13.5. The van der Waals surface area contributed by atoms with E-state index < -0.39 is 28.8 Å². The molecule has 0 aliphatic carbocycles. The Morgan fingerprint density at radius 1 is 0.750 bits per heavy atom. The van der Waals surface area contributed by atoms with Crippen LogP contribution in [0.5, 0.6) is 0 Å². The number of hydrogen-bond donors (Lipinski definition) is 4. The average Bonchev–Trinajstić information content (AvgIpc) is 2.76. The highest BCUT2D eigenvalue weighted by molar-refractivity contribution is 6.31. The second-order valence-corrected chi connectivity index (χ2v) is 6.19. The highest BCUT2D eigenvalue weighted by atomic mass is 16.2. The third kappa shape index (κ3) is 4.30. The first-order valence-corrected chi connectivity index (χ1v) is 8.67. The summed E-state index contributed by atoms with van der Waals surface area (Å²) in [6, 6.07) is 16.0. The number of Topliss-reactive ketones (excluding diaryl/α,β-unsaturated/α-hetero) is 2. The van der Waals surface area contributed by atoms with Gasteiger partial charge < -0.3 is 0 Å². The maximum absolute atomic E-state index is 13.4. The molecule has 146 valence electrons. The van der Waals surface area contributed by atoms with Gasteiger partial charge in [-0.1, -0.05) is 60.7 Å². The minimum atomic E-state index is -2.10. The van der Waals surface area contributed by atoms with Gasteiger partial charge in [0.2, 0.25) is 5.91 Å². The molecule has 0 spiro atoms. The molecule has 2 amide bonds. The quantitative estimate of drug-likeness (QED) is 0.167. The minimum absolute atomic E-state index is 0.0553. The molecule has 0 saturated heterocycles. The van der Waals surface area contributed by atoms with Gasteiger partial charge in [-0.15, -0.1) is 0 Å². The number of nitrogens with two attached hydrogens (primary N) is 2. The monoisotopic (exact) mass is 382 g/mol.